The van der Waals surface area contributed by atoms with Crippen molar-refractivity contribution in [3.8, 4) is 5.75 Å². The smallest absolute Gasteiger partial charge is 0.127 e. The summed E-state index contributed by atoms with van der Waals surface area (Å²) < 4.78 is 5.82. The van der Waals surface area contributed by atoms with Gasteiger partial charge in [0, 0.05) is 21.8 Å². The van der Waals surface area contributed by atoms with E-state index in [4.69, 9.17) is 16.3 Å². The Morgan fingerprint density at radius 2 is 2.16 bits per heavy atom. The highest BCUT2D eigenvalue weighted by Gasteiger charge is 2.26. The van der Waals surface area contributed by atoms with Gasteiger partial charge < -0.3 is 4.74 Å². The highest BCUT2D eigenvalue weighted by molar-refractivity contribution is 9.09. The third kappa shape index (κ3) is 3.46. The van der Waals surface area contributed by atoms with E-state index in [2.05, 4.69) is 35.8 Å². The molecule has 0 aromatic heterocycles. The van der Waals surface area contributed by atoms with Crippen LogP contribution in [0.25, 0.3) is 0 Å². The average Bonchev–Trinajstić information content (AvgIpc) is 2.86. The molecule has 0 amide bonds. The fourth-order valence-electron chi connectivity index (χ4n) is 2.78. The summed E-state index contributed by atoms with van der Waals surface area (Å²) in [6.07, 6.45) is 5.94. The zero-order chi connectivity index (χ0) is 13.8. The van der Waals surface area contributed by atoms with Crippen LogP contribution >= 0.6 is 27.5 Å². The number of hydrogen-bond donors (Lipinski definition) is 0. The predicted molar refractivity (Wildman–Crippen MR) is 85.6 cm³/mol. The van der Waals surface area contributed by atoms with Gasteiger partial charge in [-0.25, -0.2) is 0 Å². The van der Waals surface area contributed by atoms with Crippen molar-refractivity contribution in [1.29, 1.82) is 0 Å². The van der Waals surface area contributed by atoms with Crippen LogP contribution in [0.4, 0.5) is 0 Å². The molecular formula is C16H22BrClO. The number of unbranched alkanes of at least 4 members (excludes halogenated alkanes) is 1. The van der Waals surface area contributed by atoms with E-state index in [9.17, 15) is 0 Å². The SMILES string of the molecule is CCCCC(CC)C(Br)c1cc(Cl)cc2c1OCC2. The zero-order valence-electron chi connectivity index (χ0n) is 11.7. The Morgan fingerprint density at radius 3 is 2.84 bits per heavy atom. The van der Waals surface area contributed by atoms with Crippen molar-refractivity contribution in [3.63, 3.8) is 0 Å². The second-order valence-corrected chi connectivity index (χ2v) is 6.72. The molecular weight excluding hydrogens is 324 g/mol. The van der Waals surface area contributed by atoms with Crippen LogP contribution in [-0.4, -0.2) is 6.61 Å². The Balaban J connectivity index is 2.25. The highest BCUT2D eigenvalue weighted by atomic mass is 79.9. The van der Waals surface area contributed by atoms with E-state index in [-0.39, 0.29) is 0 Å². The van der Waals surface area contributed by atoms with Gasteiger partial charge in [-0.15, -0.1) is 0 Å². The number of fused-ring (bicyclic) bond motifs is 1. The third-order valence-corrected chi connectivity index (χ3v) is 5.40. The first-order chi connectivity index (χ1) is 9.17. The highest BCUT2D eigenvalue weighted by Crippen LogP contribution is 2.44. The molecule has 0 saturated heterocycles. The topological polar surface area (TPSA) is 9.23 Å². The van der Waals surface area contributed by atoms with Crippen LogP contribution < -0.4 is 4.74 Å². The molecule has 1 nitrogen and oxygen atoms in total. The maximum atomic E-state index is 6.25. The van der Waals surface area contributed by atoms with Gasteiger partial charge in [0.05, 0.1) is 6.61 Å². The summed E-state index contributed by atoms with van der Waals surface area (Å²) in [5.74, 6) is 1.72. The molecule has 1 aromatic carbocycles. The van der Waals surface area contributed by atoms with Crippen molar-refractivity contribution in [2.75, 3.05) is 6.61 Å². The fraction of sp³-hybridized carbons (Fsp3) is 0.625. The van der Waals surface area contributed by atoms with E-state index >= 15 is 0 Å². The minimum Gasteiger partial charge on any atom is -0.493 e. The van der Waals surface area contributed by atoms with Crippen LogP contribution in [0.5, 0.6) is 5.75 Å². The number of halogens is 2. The van der Waals surface area contributed by atoms with E-state index in [1.165, 1.54) is 36.8 Å². The molecule has 2 rings (SSSR count). The quantitative estimate of drug-likeness (QED) is 0.581. The third-order valence-electron chi connectivity index (χ3n) is 3.94. The standard InChI is InChI=1S/C16H22BrClO/c1-3-5-6-11(4-2)15(17)14-10-13(18)9-12-7-8-19-16(12)14/h9-11,15H,3-8H2,1-2H3. The van der Waals surface area contributed by atoms with Crippen molar-refractivity contribution in [2.45, 2.75) is 50.8 Å². The van der Waals surface area contributed by atoms with Crippen molar-refractivity contribution in [1.82, 2.24) is 0 Å². The zero-order valence-corrected chi connectivity index (χ0v) is 14.1. The number of alkyl halides is 1. The maximum Gasteiger partial charge on any atom is 0.127 e. The van der Waals surface area contributed by atoms with E-state index in [1.807, 2.05) is 6.07 Å². The number of rotatable bonds is 6. The maximum absolute atomic E-state index is 6.25. The number of hydrogen-bond acceptors (Lipinski definition) is 1. The number of benzene rings is 1. The van der Waals surface area contributed by atoms with Crippen molar-refractivity contribution in [2.24, 2.45) is 5.92 Å². The molecule has 1 aromatic rings. The van der Waals surface area contributed by atoms with E-state index in [0.29, 0.717) is 10.7 Å². The Kier molecular flexibility index (Phi) is 5.58. The lowest BCUT2D eigenvalue weighted by molar-refractivity contribution is 0.348. The first-order valence-electron chi connectivity index (χ1n) is 7.26. The lowest BCUT2D eigenvalue weighted by Gasteiger charge is -2.23. The molecule has 2 unspecified atom stereocenters. The normalized spacial score (nSPS) is 16.8. The van der Waals surface area contributed by atoms with Crippen LogP contribution in [0.1, 0.15) is 55.5 Å². The van der Waals surface area contributed by atoms with Crippen LogP contribution in [0.2, 0.25) is 5.02 Å². The molecule has 0 spiro atoms. The lowest BCUT2D eigenvalue weighted by atomic mass is 9.90. The lowest BCUT2D eigenvalue weighted by Crippen LogP contribution is -2.08. The summed E-state index contributed by atoms with van der Waals surface area (Å²) >= 11 is 10.1. The first-order valence-corrected chi connectivity index (χ1v) is 8.55. The molecule has 3 heteroatoms. The van der Waals surface area contributed by atoms with E-state index in [0.717, 1.165) is 23.8 Å². The minimum absolute atomic E-state index is 0.342. The van der Waals surface area contributed by atoms with Crippen LogP contribution in [0.15, 0.2) is 12.1 Å². The predicted octanol–water partition coefficient (Wildman–Crippen LogP) is 5.93. The Hall–Kier alpha value is -0.210. The summed E-state index contributed by atoms with van der Waals surface area (Å²) in [5, 5.41) is 0.828. The largest absolute Gasteiger partial charge is 0.493 e. The van der Waals surface area contributed by atoms with Gasteiger partial charge in [0.2, 0.25) is 0 Å². The Morgan fingerprint density at radius 1 is 1.37 bits per heavy atom. The monoisotopic (exact) mass is 344 g/mol. The average molecular weight is 346 g/mol. The summed E-state index contributed by atoms with van der Waals surface area (Å²) in [6, 6.07) is 4.11. The summed E-state index contributed by atoms with van der Waals surface area (Å²) in [4.78, 5) is 0.342. The molecule has 19 heavy (non-hydrogen) atoms. The molecule has 1 aliphatic rings. The van der Waals surface area contributed by atoms with Crippen LogP contribution in [0, 0.1) is 5.92 Å². The van der Waals surface area contributed by atoms with Gasteiger partial charge in [-0.2, -0.15) is 0 Å². The fourth-order valence-corrected chi connectivity index (χ4v) is 4.01. The van der Waals surface area contributed by atoms with Gasteiger partial charge in [0.15, 0.2) is 0 Å². The van der Waals surface area contributed by atoms with Gasteiger partial charge >= 0.3 is 0 Å². The van der Waals surface area contributed by atoms with Crippen molar-refractivity contribution < 1.29 is 4.74 Å². The molecule has 0 N–H and O–H groups in total. The summed E-state index contributed by atoms with van der Waals surface area (Å²) in [7, 11) is 0. The summed E-state index contributed by atoms with van der Waals surface area (Å²) in [6.45, 7) is 5.30. The number of ether oxygens (including phenoxy) is 1. The summed E-state index contributed by atoms with van der Waals surface area (Å²) in [5.41, 5.74) is 2.50. The molecule has 106 valence electrons. The molecule has 1 heterocycles. The molecule has 2 atom stereocenters. The molecule has 0 aliphatic carbocycles. The second-order valence-electron chi connectivity index (χ2n) is 5.29. The Bertz CT molecular complexity index is 433. The van der Waals surface area contributed by atoms with E-state index in [1.54, 1.807) is 0 Å². The van der Waals surface area contributed by atoms with Gasteiger partial charge in [-0.1, -0.05) is 60.6 Å². The van der Waals surface area contributed by atoms with Crippen LogP contribution in [-0.2, 0) is 6.42 Å². The molecule has 0 radical (unpaired) electrons. The van der Waals surface area contributed by atoms with Gasteiger partial charge in [-0.3, -0.25) is 0 Å². The van der Waals surface area contributed by atoms with Gasteiger partial charge in [0.25, 0.3) is 0 Å². The minimum atomic E-state index is 0.342. The molecule has 0 fully saturated rings. The van der Waals surface area contributed by atoms with Gasteiger partial charge in [0.1, 0.15) is 5.75 Å². The van der Waals surface area contributed by atoms with Gasteiger partial charge in [-0.05, 0) is 30.0 Å². The van der Waals surface area contributed by atoms with Crippen molar-refractivity contribution in [3.05, 3.63) is 28.3 Å². The first kappa shape index (κ1) is 15.2. The molecule has 1 aliphatic heterocycles. The molecule has 0 saturated carbocycles. The van der Waals surface area contributed by atoms with Crippen LogP contribution in [0.3, 0.4) is 0 Å². The van der Waals surface area contributed by atoms with E-state index < -0.39 is 0 Å². The Labute approximate surface area is 129 Å². The second kappa shape index (κ2) is 6.99. The van der Waals surface area contributed by atoms with Crippen molar-refractivity contribution >= 4 is 27.5 Å². The molecule has 0 bridgehead atoms.